The molecule has 0 N–H and O–H groups in total. The molecule has 1 saturated heterocycles. The van der Waals surface area contributed by atoms with Gasteiger partial charge in [-0.1, -0.05) is 20.3 Å². The van der Waals surface area contributed by atoms with E-state index in [1.54, 1.807) is 34.6 Å². The van der Waals surface area contributed by atoms with Crippen molar-refractivity contribution in [2.24, 2.45) is 13.0 Å². The molecule has 4 aromatic rings. The molecule has 1 fully saturated rings. The molecule has 9 heteroatoms. The summed E-state index contributed by atoms with van der Waals surface area (Å²) in [5.41, 5.74) is 2.67. The lowest BCUT2D eigenvalue weighted by Crippen LogP contribution is -2.31. The third-order valence-electron chi connectivity index (χ3n) is 7.96. The monoisotopic (exact) mass is 519 g/mol. The standard InChI is InChI=1S/C29H34FN5O3/c1-18(2)23-17-38-28-25(19-8-9-24(32-15-19)37-13-7-12-34-10-5-4-6-11-34)20(30)14-21-26(28)27-22(16-31-21)33(3)29(36)35(23)27/h8-9,14-16,18,23H,4-7,10-13,17H2,1-3H3. The second-order valence-corrected chi connectivity index (χ2v) is 10.8. The number of aromatic nitrogens is 4. The fraction of sp³-hybridized carbons (Fsp3) is 0.483. The number of aryl methyl sites for hydroxylation is 1. The molecule has 38 heavy (non-hydrogen) atoms. The Kier molecular flexibility index (Phi) is 6.55. The summed E-state index contributed by atoms with van der Waals surface area (Å²) in [6, 6.07) is 4.81. The molecule has 0 radical (unpaired) electrons. The van der Waals surface area contributed by atoms with Gasteiger partial charge in [-0.15, -0.1) is 0 Å². The number of hydrogen-bond donors (Lipinski definition) is 0. The van der Waals surface area contributed by atoms with Crippen LogP contribution in [0.25, 0.3) is 33.1 Å². The molecule has 3 aromatic heterocycles. The quantitative estimate of drug-likeness (QED) is 0.322. The molecule has 1 atom stereocenters. The number of pyridine rings is 2. The van der Waals surface area contributed by atoms with Crippen LogP contribution in [0.4, 0.5) is 4.39 Å². The lowest BCUT2D eigenvalue weighted by molar-refractivity contribution is 0.203. The number of imidazole rings is 1. The number of rotatable bonds is 7. The largest absolute Gasteiger partial charge is 0.490 e. The van der Waals surface area contributed by atoms with E-state index >= 15 is 4.39 Å². The SMILES string of the molecule is CC(C)C1COc2c(-c3ccc(OCCCN4CCCCC4)nc3)c(F)cc3ncc4c(c23)n1c(=O)n4C. The first-order chi connectivity index (χ1) is 18.4. The van der Waals surface area contributed by atoms with E-state index in [1.807, 2.05) is 6.07 Å². The molecule has 1 unspecified atom stereocenters. The minimum Gasteiger partial charge on any atom is -0.490 e. The Morgan fingerprint density at radius 2 is 1.97 bits per heavy atom. The van der Waals surface area contributed by atoms with Gasteiger partial charge in [0.25, 0.3) is 0 Å². The van der Waals surface area contributed by atoms with Gasteiger partial charge >= 0.3 is 5.69 Å². The van der Waals surface area contributed by atoms with Gasteiger partial charge in [0, 0.05) is 37.5 Å². The molecule has 0 spiro atoms. The highest BCUT2D eigenvalue weighted by Gasteiger charge is 2.31. The smallest absolute Gasteiger partial charge is 0.329 e. The fourth-order valence-electron chi connectivity index (χ4n) is 5.83. The highest BCUT2D eigenvalue weighted by Crippen LogP contribution is 2.44. The third kappa shape index (κ3) is 4.22. The van der Waals surface area contributed by atoms with Crippen LogP contribution in [0.15, 0.2) is 35.4 Å². The van der Waals surface area contributed by atoms with Crippen LogP contribution >= 0.6 is 0 Å². The first-order valence-electron chi connectivity index (χ1n) is 13.6. The Morgan fingerprint density at radius 1 is 1.16 bits per heavy atom. The maximum Gasteiger partial charge on any atom is 0.329 e. The van der Waals surface area contributed by atoms with Gasteiger partial charge in [-0.2, -0.15) is 0 Å². The first-order valence-corrected chi connectivity index (χ1v) is 13.6. The van der Waals surface area contributed by atoms with Crippen molar-refractivity contribution < 1.29 is 13.9 Å². The van der Waals surface area contributed by atoms with Crippen molar-refractivity contribution in [3.05, 3.63) is 46.9 Å². The number of nitrogens with zero attached hydrogens (tertiary/aromatic N) is 5. The van der Waals surface area contributed by atoms with E-state index in [2.05, 4.69) is 28.7 Å². The number of hydrogen-bond acceptors (Lipinski definition) is 6. The zero-order valence-electron chi connectivity index (χ0n) is 22.2. The van der Waals surface area contributed by atoms with Crippen LogP contribution in [0.3, 0.4) is 0 Å². The molecule has 0 amide bonds. The van der Waals surface area contributed by atoms with Gasteiger partial charge in [0.1, 0.15) is 18.2 Å². The van der Waals surface area contributed by atoms with Gasteiger partial charge in [-0.05, 0) is 44.3 Å². The van der Waals surface area contributed by atoms with E-state index < -0.39 is 5.82 Å². The van der Waals surface area contributed by atoms with Crippen molar-refractivity contribution in [2.75, 3.05) is 32.8 Å². The molecule has 8 nitrogen and oxygen atoms in total. The van der Waals surface area contributed by atoms with E-state index in [1.165, 1.54) is 38.4 Å². The van der Waals surface area contributed by atoms with Crippen LogP contribution < -0.4 is 15.2 Å². The highest BCUT2D eigenvalue weighted by molar-refractivity contribution is 6.09. The van der Waals surface area contributed by atoms with Crippen molar-refractivity contribution in [1.82, 2.24) is 24.0 Å². The molecule has 2 aliphatic heterocycles. The summed E-state index contributed by atoms with van der Waals surface area (Å²) in [4.78, 5) is 24.7. The third-order valence-corrected chi connectivity index (χ3v) is 7.96. The number of halogens is 1. The lowest BCUT2D eigenvalue weighted by atomic mass is 10.0. The molecule has 0 aliphatic carbocycles. The Hall–Kier alpha value is -3.46. The zero-order valence-corrected chi connectivity index (χ0v) is 22.2. The van der Waals surface area contributed by atoms with E-state index in [4.69, 9.17) is 9.47 Å². The number of benzene rings is 1. The predicted octanol–water partition coefficient (Wildman–Crippen LogP) is 4.93. The fourth-order valence-corrected chi connectivity index (χ4v) is 5.83. The summed E-state index contributed by atoms with van der Waals surface area (Å²) in [5, 5.41) is 0.651. The maximum absolute atomic E-state index is 15.6. The van der Waals surface area contributed by atoms with Crippen LogP contribution in [-0.4, -0.2) is 56.9 Å². The van der Waals surface area contributed by atoms with Crippen molar-refractivity contribution >= 4 is 21.9 Å². The summed E-state index contributed by atoms with van der Waals surface area (Å²) in [6.07, 6.45) is 8.10. The Morgan fingerprint density at radius 3 is 2.71 bits per heavy atom. The molecule has 6 rings (SSSR count). The Balaban J connectivity index is 1.34. The summed E-state index contributed by atoms with van der Waals surface area (Å²) in [6.45, 7) is 8.34. The summed E-state index contributed by atoms with van der Waals surface area (Å²) >= 11 is 0. The van der Waals surface area contributed by atoms with Crippen LogP contribution in [-0.2, 0) is 7.05 Å². The average molecular weight is 520 g/mol. The number of likely N-dealkylation sites (tertiary alicyclic amines) is 1. The number of piperidine rings is 1. The second kappa shape index (κ2) is 10.0. The van der Waals surface area contributed by atoms with E-state index in [9.17, 15) is 4.79 Å². The molecule has 0 bridgehead atoms. The second-order valence-electron chi connectivity index (χ2n) is 10.8. The van der Waals surface area contributed by atoms with Crippen LogP contribution in [0.5, 0.6) is 11.6 Å². The Labute approximate surface area is 221 Å². The summed E-state index contributed by atoms with van der Waals surface area (Å²) in [7, 11) is 1.74. The minimum atomic E-state index is -0.441. The normalized spacial score (nSPS) is 17.9. The van der Waals surface area contributed by atoms with Gasteiger partial charge in [-0.25, -0.2) is 14.2 Å². The number of ether oxygens (including phenoxy) is 2. The molecule has 5 heterocycles. The van der Waals surface area contributed by atoms with E-state index in [0.29, 0.717) is 45.8 Å². The first kappa shape index (κ1) is 24.9. The van der Waals surface area contributed by atoms with Crippen molar-refractivity contribution in [1.29, 1.82) is 0 Å². The maximum atomic E-state index is 15.6. The van der Waals surface area contributed by atoms with Gasteiger partial charge in [0.05, 0.1) is 46.3 Å². The van der Waals surface area contributed by atoms with Crippen molar-refractivity contribution in [3.8, 4) is 22.8 Å². The van der Waals surface area contributed by atoms with Gasteiger partial charge in [0.2, 0.25) is 5.88 Å². The van der Waals surface area contributed by atoms with Gasteiger partial charge in [-0.3, -0.25) is 14.1 Å². The zero-order chi connectivity index (χ0) is 26.4. The van der Waals surface area contributed by atoms with Crippen LogP contribution in [0, 0.1) is 11.7 Å². The van der Waals surface area contributed by atoms with Gasteiger partial charge in [0.15, 0.2) is 0 Å². The summed E-state index contributed by atoms with van der Waals surface area (Å²) < 4.78 is 31.2. The van der Waals surface area contributed by atoms with Crippen LogP contribution in [0.1, 0.15) is 45.6 Å². The molecule has 0 saturated carbocycles. The minimum absolute atomic E-state index is 0.126. The molecule has 1 aromatic carbocycles. The topological polar surface area (TPSA) is 74.4 Å². The van der Waals surface area contributed by atoms with Crippen LogP contribution in [0.2, 0.25) is 0 Å². The molecule has 2 aliphatic rings. The Bertz CT molecular complexity index is 1540. The van der Waals surface area contributed by atoms with E-state index in [0.717, 1.165) is 18.5 Å². The van der Waals surface area contributed by atoms with Crippen molar-refractivity contribution in [2.45, 2.75) is 45.6 Å². The molecule has 200 valence electrons. The van der Waals surface area contributed by atoms with E-state index in [-0.39, 0.29) is 24.3 Å². The predicted molar refractivity (Wildman–Crippen MR) is 145 cm³/mol. The van der Waals surface area contributed by atoms with Gasteiger partial charge < -0.3 is 14.4 Å². The highest BCUT2D eigenvalue weighted by atomic mass is 19.1. The average Bonchev–Trinajstić information content (AvgIpc) is 3.06. The molecular weight excluding hydrogens is 485 g/mol. The summed E-state index contributed by atoms with van der Waals surface area (Å²) in [5.74, 6) is 0.611. The van der Waals surface area contributed by atoms with Crippen molar-refractivity contribution in [3.63, 3.8) is 0 Å². The molecular formula is C29H34FN5O3. The lowest BCUT2D eigenvalue weighted by Gasteiger charge is -2.26.